The van der Waals surface area contributed by atoms with Gasteiger partial charge in [-0.25, -0.2) is 9.36 Å². The molecule has 12 nitrogen and oxygen atoms in total. The minimum Gasteiger partial charge on any atom is -0.463 e. The van der Waals surface area contributed by atoms with E-state index in [0.29, 0.717) is 5.52 Å². The van der Waals surface area contributed by atoms with Gasteiger partial charge in [-0.3, -0.25) is 19.2 Å². The molecule has 1 aromatic carbocycles. The normalized spacial score (nSPS) is 24.3. The Hall–Kier alpha value is -3.67. The molecule has 1 saturated heterocycles. The first-order chi connectivity index (χ1) is 16.0. The molecule has 1 aromatic heterocycles. The van der Waals surface area contributed by atoms with Crippen LogP contribution in [0.4, 0.5) is 0 Å². The van der Waals surface area contributed by atoms with E-state index in [2.05, 4.69) is 5.32 Å². The molecule has 0 unspecified atom stereocenters. The van der Waals surface area contributed by atoms with E-state index in [9.17, 15) is 24.0 Å². The van der Waals surface area contributed by atoms with Gasteiger partial charge in [0.1, 0.15) is 18.8 Å². The summed E-state index contributed by atoms with van der Waals surface area (Å²) in [6, 6.07) is 3.89. The summed E-state index contributed by atoms with van der Waals surface area (Å²) in [5.74, 6) is -3.39. The van der Waals surface area contributed by atoms with Crippen molar-refractivity contribution in [2.45, 2.75) is 65.2 Å². The zero-order valence-corrected chi connectivity index (χ0v) is 19.4. The number of carbonyl (C=O) groups is 4. The number of ether oxygens (including phenoxy) is 4. The van der Waals surface area contributed by atoms with Crippen LogP contribution in [0.1, 0.15) is 39.5 Å². The van der Waals surface area contributed by atoms with Crippen molar-refractivity contribution in [3.05, 3.63) is 34.3 Å². The first-order valence-corrected chi connectivity index (χ1v) is 10.5. The zero-order chi connectivity index (χ0) is 25.2. The monoisotopic (exact) mass is 478 g/mol. The molecule has 0 saturated carbocycles. The quantitative estimate of drug-likeness (QED) is 0.464. The molecule has 1 amide bonds. The Morgan fingerprint density at radius 1 is 1.00 bits per heavy atom. The maximum absolute atomic E-state index is 12.9. The van der Waals surface area contributed by atoms with E-state index in [1.165, 1.54) is 18.4 Å². The highest BCUT2D eigenvalue weighted by molar-refractivity contribution is 5.75. The predicted octanol–water partition coefficient (Wildman–Crippen LogP) is 0.732. The van der Waals surface area contributed by atoms with Gasteiger partial charge in [0.15, 0.2) is 24.0 Å². The topological polar surface area (TPSA) is 152 Å². The first kappa shape index (κ1) is 25.0. The minimum atomic E-state index is -1.29. The summed E-state index contributed by atoms with van der Waals surface area (Å²) in [6.07, 6.45) is -4.96. The van der Waals surface area contributed by atoms with Gasteiger partial charge in [-0.1, -0.05) is 6.07 Å². The van der Waals surface area contributed by atoms with Crippen molar-refractivity contribution in [3.63, 3.8) is 0 Å². The Morgan fingerprint density at radius 3 is 2.24 bits per heavy atom. The number of aromatic nitrogens is 1. The highest BCUT2D eigenvalue weighted by Crippen LogP contribution is 2.34. The van der Waals surface area contributed by atoms with E-state index in [1.807, 2.05) is 6.92 Å². The summed E-state index contributed by atoms with van der Waals surface area (Å²) < 4.78 is 28.5. The van der Waals surface area contributed by atoms with Crippen molar-refractivity contribution in [2.75, 3.05) is 6.61 Å². The molecule has 1 N–H and O–H groups in total. The van der Waals surface area contributed by atoms with Crippen LogP contribution in [0, 0.1) is 6.92 Å². The summed E-state index contributed by atoms with van der Waals surface area (Å²) in [7, 11) is 0. The number of hydrogen-bond donors (Lipinski definition) is 1. The number of nitrogens with one attached hydrogen (secondary N) is 1. The van der Waals surface area contributed by atoms with Gasteiger partial charge >= 0.3 is 23.7 Å². The standard InChI is InChI=1S/C22H26N2O10/c1-10-6-7-16-15(8-10)24(22(29)34-16)21-18(23-11(2)25)20(32-14(5)28)19(31-13(4)27)17(33-21)9-30-12(3)26/h6-8,17-21H,9H2,1-5H3,(H,23,25)/t17-,18-,19+,20-,21+/m0/s1. The van der Waals surface area contributed by atoms with Crippen molar-refractivity contribution >= 4 is 34.9 Å². The number of fused-ring (bicyclic) bond motifs is 1. The number of nitrogens with zero attached hydrogens (tertiary/aromatic N) is 1. The second-order valence-corrected chi connectivity index (χ2v) is 7.95. The molecule has 2 aromatic rings. The molecule has 0 radical (unpaired) electrons. The molecule has 0 aliphatic carbocycles. The van der Waals surface area contributed by atoms with Gasteiger partial charge in [-0.05, 0) is 24.6 Å². The molecule has 0 bridgehead atoms. The van der Waals surface area contributed by atoms with E-state index in [4.69, 9.17) is 23.4 Å². The van der Waals surface area contributed by atoms with Gasteiger partial charge in [0.25, 0.3) is 0 Å². The molecule has 1 aliphatic rings. The van der Waals surface area contributed by atoms with Crippen molar-refractivity contribution in [2.24, 2.45) is 0 Å². The van der Waals surface area contributed by atoms with Crippen LogP contribution in [-0.2, 0) is 38.1 Å². The number of aryl methyl sites for hydroxylation is 1. The van der Waals surface area contributed by atoms with E-state index >= 15 is 0 Å². The number of oxazole rings is 1. The molecular formula is C22H26N2O10. The number of rotatable bonds is 6. The Labute approximate surface area is 194 Å². The van der Waals surface area contributed by atoms with E-state index in [1.54, 1.807) is 18.2 Å². The summed E-state index contributed by atoms with van der Waals surface area (Å²) in [5, 5.41) is 2.63. The number of amides is 1. The van der Waals surface area contributed by atoms with Gasteiger partial charge < -0.3 is 28.7 Å². The summed E-state index contributed by atoms with van der Waals surface area (Å²) in [4.78, 5) is 60.2. The molecule has 12 heteroatoms. The lowest BCUT2D eigenvalue weighted by Crippen LogP contribution is -2.64. The van der Waals surface area contributed by atoms with E-state index in [-0.39, 0.29) is 12.2 Å². The highest BCUT2D eigenvalue weighted by atomic mass is 16.6. The van der Waals surface area contributed by atoms with Gasteiger partial charge in [0.2, 0.25) is 5.91 Å². The SMILES string of the molecule is CC(=O)N[C@H]1[C@H](OC(C)=O)[C@H](OC(C)=O)[C@H](COC(C)=O)O[C@H]1n1c(=O)oc2ccc(C)cc21. The highest BCUT2D eigenvalue weighted by Gasteiger charge is 2.52. The smallest absolute Gasteiger partial charge is 0.422 e. The van der Waals surface area contributed by atoms with Gasteiger partial charge in [-0.15, -0.1) is 0 Å². The van der Waals surface area contributed by atoms with Crippen LogP contribution in [0.3, 0.4) is 0 Å². The average molecular weight is 478 g/mol. The molecule has 1 fully saturated rings. The van der Waals surface area contributed by atoms with E-state index < -0.39 is 60.2 Å². The van der Waals surface area contributed by atoms with Crippen LogP contribution in [0.15, 0.2) is 27.4 Å². The lowest BCUT2D eigenvalue weighted by atomic mass is 9.94. The number of hydrogen-bond acceptors (Lipinski definition) is 10. The average Bonchev–Trinajstić information content (AvgIpc) is 3.03. The summed E-state index contributed by atoms with van der Waals surface area (Å²) >= 11 is 0. The predicted molar refractivity (Wildman–Crippen MR) is 114 cm³/mol. The molecule has 0 spiro atoms. The fraction of sp³-hybridized carbons (Fsp3) is 0.500. The van der Waals surface area contributed by atoms with Crippen molar-refractivity contribution in [1.82, 2.24) is 9.88 Å². The fourth-order valence-corrected chi connectivity index (χ4v) is 3.91. The lowest BCUT2D eigenvalue weighted by Gasteiger charge is -2.45. The van der Waals surface area contributed by atoms with Crippen LogP contribution in [0.2, 0.25) is 0 Å². The van der Waals surface area contributed by atoms with Crippen LogP contribution in [-0.4, -0.2) is 59.3 Å². The zero-order valence-electron chi connectivity index (χ0n) is 19.4. The van der Waals surface area contributed by atoms with Crippen LogP contribution in [0.25, 0.3) is 11.1 Å². The molecule has 184 valence electrons. The minimum absolute atomic E-state index is 0.267. The summed E-state index contributed by atoms with van der Waals surface area (Å²) in [5.41, 5.74) is 1.45. The molecule has 3 rings (SSSR count). The maximum atomic E-state index is 12.9. The second-order valence-electron chi connectivity index (χ2n) is 7.95. The van der Waals surface area contributed by atoms with Gasteiger partial charge in [-0.2, -0.15) is 0 Å². The Bertz CT molecular complexity index is 1170. The number of esters is 3. The van der Waals surface area contributed by atoms with Crippen molar-refractivity contribution < 1.29 is 42.5 Å². The second kappa shape index (κ2) is 10.1. The molecule has 2 heterocycles. The van der Waals surface area contributed by atoms with Crippen molar-refractivity contribution in [1.29, 1.82) is 0 Å². The van der Waals surface area contributed by atoms with Crippen LogP contribution >= 0.6 is 0 Å². The fourth-order valence-electron chi connectivity index (χ4n) is 3.91. The Balaban J connectivity index is 2.19. The third-order valence-corrected chi connectivity index (χ3v) is 5.11. The van der Waals surface area contributed by atoms with E-state index in [0.717, 1.165) is 19.4 Å². The third-order valence-electron chi connectivity index (χ3n) is 5.11. The third kappa shape index (κ3) is 5.45. The molecular weight excluding hydrogens is 452 g/mol. The summed E-state index contributed by atoms with van der Waals surface area (Å²) in [6.45, 7) is 6.14. The Morgan fingerprint density at radius 2 is 1.65 bits per heavy atom. The maximum Gasteiger partial charge on any atom is 0.422 e. The first-order valence-electron chi connectivity index (χ1n) is 10.5. The van der Waals surface area contributed by atoms with Crippen molar-refractivity contribution in [3.8, 4) is 0 Å². The molecule has 34 heavy (non-hydrogen) atoms. The van der Waals surface area contributed by atoms with Gasteiger partial charge in [0.05, 0.1) is 5.52 Å². The molecule has 5 atom stereocenters. The molecule has 1 aliphatic heterocycles. The number of carbonyl (C=O) groups excluding carboxylic acids is 4. The largest absolute Gasteiger partial charge is 0.463 e. The van der Waals surface area contributed by atoms with Crippen LogP contribution < -0.4 is 11.1 Å². The Kier molecular flexibility index (Phi) is 7.40. The number of benzene rings is 1. The van der Waals surface area contributed by atoms with Gasteiger partial charge in [0, 0.05) is 27.7 Å². The lowest BCUT2D eigenvalue weighted by molar-refractivity contribution is -0.237. The van der Waals surface area contributed by atoms with Crippen LogP contribution in [0.5, 0.6) is 0 Å².